The Labute approximate surface area is 109 Å². The van der Waals surface area contributed by atoms with Crippen LogP contribution in [0.5, 0.6) is 0 Å². The molecule has 0 radical (unpaired) electrons. The van der Waals surface area contributed by atoms with Gasteiger partial charge in [-0.05, 0) is 20.8 Å². The van der Waals surface area contributed by atoms with E-state index in [-0.39, 0.29) is 5.69 Å². The lowest BCUT2D eigenvalue weighted by molar-refractivity contribution is -0.384. The Morgan fingerprint density at radius 2 is 1.95 bits per heavy atom. The third-order valence-electron chi connectivity index (χ3n) is 2.68. The van der Waals surface area contributed by atoms with Gasteiger partial charge in [0, 0.05) is 17.7 Å². The zero-order valence-corrected chi connectivity index (χ0v) is 10.9. The molecule has 0 unspecified atom stereocenters. The number of rotatable bonds is 3. The van der Waals surface area contributed by atoms with Gasteiger partial charge in [-0.15, -0.1) is 10.2 Å². The third kappa shape index (κ3) is 2.65. The summed E-state index contributed by atoms with van der Waals surface area (Å²) in [7, 11) is 0. The minimum Gasteiger partial charge on any atom is -0.258 e. The summed E-state index contributed by atoms with van der Waals surface area (Å²) in [6, 6.07) is 6.36. The molecule has 0 fully saturated rings. The van der Waals surface area contributed by atoms with Crippen LogP contribution in [0.25, 0.3) is 0 Å². The predicted octanol–water partition coefficient (Wildman–Crippen LogP) is 2.08. The van der Waals surface area contributed by atoms with Gasteiger partial charge in [0.15, 0.2) is 11.6 Å². The smallest absolute Gasteiger partial charge is 0.258 e. The first-order valence-electron chi connectivity index (χ1n) is 5.68. The summed E-state index contributed by atoms with van der Waals surface area (Å²) >= 11 is 0. The molecule has 0 bridgehead atoms. The summed E-state index contributed by atoms with van der Waals surface area (Å²) in [6.45, 7) is 5.38. The second-order valence-corrected chi connectivity index (χ2v) is 4.10. The van der Waals surface area contributed by atoms with E-state index >= 15 is 0 Å². The van der Waals surface area contributed by atoms with Crippen molar-refractivity contribution >= 4 is 11.4 Å². The second kappa shape index (κ2) is 4.97. The van der Waals surface area contributed by atoms with E-state index in [1.54, 1.807) is 37.6 Å². The molecule has 2 rings (SSSR count). The summed E-state index contributed by atoms with van der Waals surface area (Å²) in [4.78, 5) is 10.3. The molecule has 0 amide bonds. The average Bonchev–Trinajstić information content (AvgIpc) is 2.70. The van der Waals surface area contributed by atoms with E-state index < -0.39 is 4.92 Å². The van der Waals surface area contributed by atoms with Gasteiger partial charge in [-0.25, -0.2) is 4.68 Å². The van der Waals surface area contributed by atoms with E-state index in [1.165, 1.54) is 12.1 Å². The third-order valence-corrected chi connectivity index (χ3v) is 2.68. The molecule has 0 spiro atoms. The summed E-state index contributed by atoms with van der Waals surface area (Å²) < 4.78 is 1.61. The molecule has 98 valence electrons. The van der Waals surface area contributed by atoms with Crippen LogP contribution in [-0.4, -0.2) is 25.5 Å². The summed E-state index contributed by atoms with van der Waals surface area (Å²) in [5, 5.41) is 22.9. The first-order chi connectivity index (χ1) is 8.99. The quantitative estimate of drug-likeness (QED) is 0.479. The zero-order valence-electron chi connectivity index (χ0n) is 10.9. The summed E-state index contributed by atoms with van der Waals surface area (Å²) in [6.07, 6.45) is 0. The van der Waals surface area contributed by atoms with Crippen molar-refractivity contribution in [3.8, 4) is 0 Å². The van der Waals surface area contributed by atoms with Crippen molar-refractivity contribution in [3.05, 3.63) is 51.6 Å². The standard InChI is InChI=1S/C12H13N5O2/c1-8(15-16-9(2)13-14-10(16)3)11-5-4-6-12(7-11)17(18)19/h4-7H,1-3H3/b15-8-. The van der Waals surface area contributed by atoms with Gasteiger partial charge in [0.25, 0.3) is 5.69 Å². The molecule has 0 atom stereocenters. The van der Waals surface area contributed by atoms with Crippen molar-refractivity contribution in [2.24, 2.45) is 5.10 Å². The Balaban J connectivity index is 2.42. The number of nitro benzene ring substituents is 1. The van der Waals surface area contributed by atoms with Crippen LogP contribution in [0.3, 0.4) is 0 Å². The lowest BCUT2D eigenvalue weighted by Crippen LogP contribution is -2.03. The number of aromatic nitrogens is 3. The number of hydrogen-bond donors (Lipinski definition) is 0. The fourth-order valence-corrected chi connectivity index (χ4v) is 1.66. The molecular weight excluding hydrogens is 246 g/mol. The Bertz CT molecular complexity index is 640. The second-order valence-electron chi connectivity index (χ2n) is 4.10. The van der Waals surface area contributed by atoms with E-state index in [0.717, 1.165) is 0 Å². The SMILES string of the molecule is C/C(=N/n1c(C)nnc1C)c1cccc([N+](=O)[O-])c1. The highest BCUT2D eigenvalue weighted by Crippen LogP contribution is 2.14. The molecule has 0 aliphatic carbocycles. The molecule has 2 aromatic rings. The Kier molecular flexibility index (Phi) is 3.37. The highest BCUT2D eigenvalue weighted by Gasteiger charge is 2.09. The molecule has 0 saturated heterocycles. The summed E-state index contributed by atoms with van der Waals surface area (Å²) in [5.41, 5.74) is 1.40. The van der Waals surface area contributed by atoms with Gasteiger partial charge in [0.05, 0.1) is 10.6 Å². The molecule has 0 N–H and O–H groups in total. The van der Waals surface area contributed by atoms with Crippen molar-refractivity contribution < 1.29 is 4.92 Å². The number of nitrogens with zero attached hydrogens (tertiary/aromatic N) is 5. The van der Waals surface area contributed by atoms with Gasteiger partial charge in [-0.1, -0.05) is 12.1 Å². The van der Waals surface area contributed by atoms with Gasteiger partial charge >= 0.3 is 0 Å². The van der Waals surface area contributed by atoms with E-state index in [9.17, 15) is 10.1 Å². The van der Waals surface area contributed by atoms with Gasteiger partial charge in [-0.2, -0.15) is 5.10 Å². The van der Waals surface area contributed by atoms with E-state index in [1.807, 2.05) is 0 Å². The molecule has 0 aliphatic heterocycles. The zero-order chi connectivity index (χ0) is 14.0. The van der Waals surface area contributed by atoms with Crippen LogP contribution in [0, 0.1) is 24.0 Å². The number of non-ortho nitro benzene ring substituents is 1. The minimum atomic E-state index is -0.425. The molecule has 1 aromatic heterocycles. The number of hydrogen-bond acceptors (Lipinski definition) is 5. The van der Waals surface area contributed by atoms with E-state index in [0.29, 0.717) is 22.9 Å². The topological polar surface area (TPSA) is 86.2 Å². The molecule has 1 heterocycles. The van der Waals surface area contributed by atoms with E-state index in [2.05, 4.69) is 15.3 Å². The van der Waals surface area contributed by atoms with Crippen LogP contribution in [0.2, 0.25) is 0 Å². The highest BCUT2D eigenvalue weighted by atomic mass is 16.6. The molecule has 7 nitrogen and oxygen atoms in total. The van der Waals surface area contributed by atoms with Gasteiger partial charge < -0.3 is 0 Å². The van der Waals surface area contributed by atoms with Gasteiger partial charge in [0.2, 0.25) is 0 Å². The normalized spacial score (nSPS) is 11.6. The van der Waals surface area contributed by atoms with Crippen LogP contribution >= 0.6 is 0 Å². The number of aryl methyl sites for hydroxylation is 2. The van der Waals surface area contributed by atoms with Gasteiger partial charge in [-0.3, -0.25) is 10.1 Å². The minimum absolute atomic E-state index is 0.0456. The fraction of sp³-hybridized carbons (Fsp3) is 0.250. The first-order valence-corrected chi connectivity index (χ1v) is 5.68. The lowest BCUT2D eigenvalue weighted by atomic mass is 10.1. The lowest BCUT2D eigenvalue weighted by Gasteiger charge is -2.03. The molecule has 7 heteroatoms. The van der Waals surface area contributed by atoms with Crippen LogP contribution < -0.4 is 0 Å². The maximum absolute atomic E-state index is 10.7. The Hall–Kier alpha value is -2.57. The molecule has 19 heavy (non-hydrogen) atoms. The molecule has 1 aromatic carbocycles. The van der Waals surface area contributed by atoms with Crippen molar-refractivity contribution in [3.63, 3.8) is 0 Å². The van der Waals surface area contributed by atoms with Crippen molar-refractivity contribution in [2.45, 2.75) is 20.8 Å². The van der Waals surface area contributed by atoms with Crippen molar-refractivity contribution in [2.75, 3.05) is 0 Å². The average molecular weight is 259 g/mol. The largest absolute Gasteiger partial charge is 0.270 e. The van der Waals surface area contributed by atoms with Crippen LogP contribution in [0.1, 0.15) is 24.1 Å². The maximum Gasteiger partial charge on any atom is 0.270 e. The monoisotopic (exact) mass is 259 g/mol. The predicted molar refractivity (Wildman–Crippen MR) is 70.2 cm³/mol. The number of nitro groups is 1. The summed E-state index contributed by atoms with van der Waals surface area (Å²) in [5.74, 6) is 1.34. The fourth-order valence-electron chi connectivity index (χ4n) is 1.66. The van der Waals surface area contributed by atoms with Crippen molar-refractivity contribution in [1.29, 1.82) is 0 Å². The van der Waals surface area contributed by atoms with Crippen molar-refractivity contribution in [1.82, 2.24) is 14.9 Å². The number of benzene rings is 1. The molecular formula is C12H13N5O2. The Morgan fingerprint density at radius 1 is 1.32 bits per heavy atom. The van der Waals surface area contributed by atoms with Crippen LogP contribution in [-0.2, 0) is 0 Å². The first kappa shape index (κ1) is 12.9. The molecule has 0 aliphatic rings. The highest BCUT2D eigenvalue weighted by molar-refractivity contribution is 5.99. The maximum atomic E-state index is 10.7. The van der Waals surface area contributed by atoms with E-state index in [4.69, 9.17) is 0 Å². The van der Waals surface area contributed by atoms with Gasteiger partial charge in [0.1, 0.15) is 0 Å². The Morgan fingerprint density at radius 3 is 2.53 bits per heavy atom. The van der Waals surface area contributed by atoms with Crippen LogP contribution in [0.4, 0.5) is 5.69 Å². The van der Waals surface area contributed by atoms with Crippen LogP contribution in [0.15, 0.2) is 29.4 Å². The molecule has 0 saturated carbocycles.